The number of hydrogen-bond donors (Lipinski definition) is 2. The maximum absolute atomic E-state index is 13.3. The number of halogens is 1. The Morgan fingerprint density at radius 3 is 2.66 bits per heavy atom. The molecule has 0 saturated heterocycles. The van der Waals surface area contributed by atoms with Gasteiger partial charge in [-0.1, -0.05) is 12.1 Å². The monoisotopic (exact) mass is 415 g/mol. The fourth-order valence-corrected chi connectivity index (χ4v) is 3.93. The van der Waals surface area contributed by atoms with E-state index in [9.17, 15) is 9.18 Å². The Bertz CT molecular complexity index is 1050. The van der Waals surface area contributed by atoms with E-state index in [-0.39, 0.29) is 17.8 Å². The molecule has 0 bridgehead atoms. The van der Waals surface area contributed by atoms with Crippen molar-refractivity contribution in [2.45, 2.75) is 44.4 Å². The van der Waals surface area contributed by atoms with Gasteiger partial charge in [0.15, 0.2) is 16.4 Å². The normalized spacial score (nSPS) is 15.2. The number of primary amides is 1. The molecule has 1 aliphatic carbocycles. The Hall–Kier alpha value is -2.78. The number of nitrogens with one attached hydrogen (secondary N) is 1. The van der Waals surface area contributed by atoms with Gasteiger partial charge in [0.05, 0.1) is 12.9 Å². The molecule has 2 aromatic heterocycles. The van der Waals surface area contributed by atoms with Crippen molar-refractivity contribution in [2.75, 3.05) is 0 Å². The molecule has 4 rings (SSSR count). The molecule has 1 saturated carbocycles. The Kier molecular flexibility index (Phi) is 5.33. The number of carbonyl (C=O) groups excluding carboxylic acids is 1. The van der Waals surface area contributed by atoms with Crippen LogP contribution in [0.4, 0.5) is 4.39 Å². The molecule has 3 N–H and O–H groups in total. The summed E-state index contributed by atoms with van der Waals surface area (Å²) in [5.41, 5.74) is 6.14. The van der Waals surface area contributed by atoms with Gasteiger partial charge < -0.3 is 10.2 Å². The molecule has 2 heterocycles. The van der Waals surface area contributed by atoms with Gasteiger partial charge in [-0.15, -0.1) is 5.10 Å². The molecule has 0 atom stereocenters. The average molecular weight is 415 g/mol. The molecule has 0 aliphatic heterocycles. The van der Waals surface area contributed by atoms with E-state index in [1.807, 2.05) is 12.1 Å². The van der Waals surface area contributed by atoms with Gasteiger partial charge in [0.1, 0.15) is 5.82 Å². The molecular formula is C20H22FN5O2S. The summed E-state index contributed by atoms with van der Waals surface area (Å²) in [6.45, 7) is 0.709. The second kappa shape index (κ2) is 7.92. The first kappa shape index (κ1) is 19.5. The molecule has 0 unspecified atom stereocenters. The highest BCUT2D eigenvalue weighted by Gasteiger charge is 2.38. The Labute approximate surface area is 172 Å². The molecule has 1 aromatic carbocycles. The van der Waals surface area contributed by atoms with Crippen LogP contribution in [0.2, 0.25) is 0 Å². The van der Waals surface area contributed by atoms with Gasteiger partial charge >= 0.3 is 0 Å². The third-order valence-electron chi connectivity index (χ3n) is 5.42. The largest absolute Gasteiger partial charge is 0.461 e. The van der Waals surface area contributed by atoms with Crippen molar-refractivity contribution in [1.29, 1.82) is 0 Å². The summed E-state index contributed by atoms with van der Waals surface area (Å²) in [6, 6.07) is 10.2. The highest BCUT2D eigenvalue weighted by atomic mass is 32.1. The number of aromatic nitrogens is 3. The molecule has 0 radical (unpaired) electrons. The molecule has 1 aliphatic rings. The van der Waals surface area contributed by atoms with E-state index in [1.165, 1.54) is 12.1 Å². The summed E-state index contributed by atoms with van der Waals surface area (Å²) < 4.78 is 22.7. The summed E-state index contributed by atoms with van der Waals surface area (Å²) in [4.78, 5) is 11.3. The second-order valence-corrected chi connectivity index (χ2v) is 7.59. The molecule has 0 spiro atoms. The zero-order valence-electron chi connectivity index (χ0n) is 15.8. The van der Waals surface area contributed by atoms with Crippen LogP contribution in [0.3, 0.4) is 0 Å². The minimum Gasteiger partial charge on any atom is -0.461 e. The number of nitrogens with two attached hydrogens (primary N) is 1. The lowest BCUT2D eigenvalue weighted by atomic mass is 9.72. The molecule has 9 heteroatoms. The van der Waals surface area contributed by atoms with E-state index in [2.05, 4.69) is 10.4 Å². The van der Waals surface area contributed by atoms with Crippen LogP contribution in [-0.2, 0) is 23.5 Å². The minimum absolute atomic E-state index is 0.153. The first-order chi connectivity index (χ1) is 14.0. The van der Waals surface area contributed by atoms with Crippen LogP contribution in [0.1, 0.15) is 31.2 Å². The summed E-state index contributed by atoms with van der Waals surface area (Å²) in [7, 11) is 0. The number of amides is 1. The predicted molar refractivity (Wildman–Crippen MR) is 108 cm³/mol. The average Bonchev–Trinajstić information content (AvgIpc) is 3.29. The second-order valence-electron chi connectivity index (χ2n) is 7.23. The maximum atomic E-state index is 13.3. The molecule has 1 fully saturated rings. The Morgan fingerprint density at radius 2 is 2.07 bits per heavy atom. The van der Waals surface area contributed by atoms with Crippen molar-refractivity contribution in [3.05, 3.63) is 58.8 Å². The maximum Gasteiger partial charge on any atom is 0.219 e. The summed E-state index contributed by atoms with van der Waals surface area (Å²) in [5, 5.41) is 8.16. The molecular weight excluding hydrogens is 393 g/mol. The van der Waals surface area contributed by atoms with Crippen LogP contribution in [0, 0.1) is 10.6 Å². The molecule has 1 amide bonds. The van der Waals surface area contributed by atoms with E-state index in [1.54, 1.807) is 27.6 Å². The summed E-state index contributed by atoms with van der Waals surface area (Å²) >= 11 is 5.60. The lowest BCUT2D eigenvalue weighted by Crippen LogP contribution is -2.48. The van der Waals surface area contributed by atoms with Crippen molar-refractivity contribution in [2.24, 2.45) is 5.73 Å². The smallest absolute Gasteiger partial charge is 0.219 e. The van der Waals surface area contributed by atoms with Crippen LogP contribution in [0.5, 0.6) is 0 Å². The first-order valence-electron chi connectivity index (χ1n) is 9.49. The van der Waals surface area contributed by atoms with Gasteiger partial charge in [-0.05, 0) is 61.3 Å². The van der Waals surface area contributed by atoms with Gasteiger partial charge in [-0.3, -0.25) is 14.7 Å². The van der Waals surface area contributed by atoms with E-state index in [4.69, 9.17) is 22.4 Å². The quantitative estimate of drug-likeness (QED) is 0.551. The molecule has 3 aromatic rings. The van der Waals surface area contributed by atoms with Crippen molar-refractivity contribution < 1.29 is 13.6 Å². The standard InChI is InChI=1S/C20H22FN5O2S/c21-15-6-4-14(5-7-15)20(9-2-10-20)23-13-26-19(29)25(11-8-17(22)27)18(24-26)16-3-1-12-28-16/h1,3-7,12,23H,2,8-11,13H2,(H2,22,27). The SMILES string of the molecule is NC(=O)CCn1c(-c2ccco2)nn(CNC2(c3ccc(F)cc3)CCC2)c1=S. The Balaban J connectivity index is 1.60. The third-order valence-corrected chi connectivity index (χ3v) is 5.85. The van der Waals surface area contributed by atoms with Crippen molar-refractivity contribution in [3.63, 3.8) is 0 Å². The van der Waals surface area contributed by atoms with Gasteiger partial charge in [-0.2, -0.15) is 0 Å². The van der Waals surface area contributed by atoms with Gasteiger partial charge in [-0.25, -0.2) is 9.07 Å². The minimum atomic E-state index is -0.409. The number of furan rings is 1. The highest BCUT2D eigenvalue weighted by Crippen LogP contribution is 2.41. The van der Waals surface area contributed by atoms with E-state index in [0.717, 1.165) is 24.8 Å². The lowest BCUT2D eigenvalue weighted by molar-refractivity contribution is -0.118. The fraction of sp³-hybridized carbons (Fsp3) is 0.350. The third kappa shape index (κ3) is 3.88. The van der Waals surface area contributed by atoms with Crippen LogP contribution in [0.25, 0.3) is 11.6 Å². The van der Waals surface area contributed by atoms with Crippen molar-refractivity contribution >= 4 is 18.1 Å². The van der Waals surface area contributed by atoms with Crippen LogP contribution < -0.4 is 11.1 Å². The van der Waals surface area contributed by atoms with E-state index in [0.29, 0.717) is 29.6 Å². The van der Waals surface area contributed by atoms with Gasteiger partial charge in [0.2, 0.25) is 5.91 Å². The van der Waals surface area contributed by atoms with Crippen molar-refractivity contribution in [1.82, 2.24) is 19.7 Å². The van der Waals surface area contributed by atoms with Gasteiger partial charge in [0, 0.05) is 18.5 Å². The van der Waals surface area contributed by atoms with Crippen molar-refractivity contribution in [3.8, 4) is 11.6 Å². The number of hydrogen-bond acceptors (Lipinski definition) is 5. The molecule has 7 nitrogen and oxygen atoms in total. The number of nitrogens with zero attached hydrogens (tertiary/aromatic N) is 3. The molecule has 29 heavy (non-hydrogen) atoms. The number of rotatable bonds is 8. The topological polar surface area (TPSA) is 91.0 Å². The van der Waals surface area contributed by atoms with Crippen LogP contribution in [-0.4, -0.2) is 20.3 Å². The van der Waals surface area contributed by atoms with E-state index < -0.39 is 5.91 Å². The van der Waals surface area contributed by atoms with Gasteiger partial charge in [0.25, 0.3) is 0 Å². The Morgan fingerprint density at radius 1 is 1.31 bits per heavy atom. The number of carbonyl (C=O) groups is 1. The number of benzene rings is 1. The predicted octanol–water partition coefficient (Wildman–Crippen LogP) is 3.32. The summed E-state index contributed by atoms with van der Waals surface area (Å²) in [6.07, 6.45) is 4.73. The van der Waals surface area contributed by atoms with Crippen LogP contribution >= 0.6 is 12.2 Å². The van der Waals surface area contributed by atoms with E-state index >= 15 is 0 Å². The summed E-state index contributed by atoms with van der Waals surface area (Å²) in [5.74, 6) is 0.457. The highest BCUT2D eigenvalue weighted by molar-refractivity contribution is 7.71. The lowest BCUT2D eigenvalue weighted by Gasteiger charge is -2.43. The fourth-order valence-electron chi connectivity index (χ4n) is 3.65. The first-order valence-corrected chi connectivity index (χ1v) is 9.90. The zero-order valence-corrected chi connectivity index (χ0v) is 16.6. The molecule has 152 valence electrons. The van der Waals surface area contributed by atoms with Crippen LogP contribution in [0.15, 0.2) is 47.1 Å². The zero-order chi connectivity index (χ0) is 20.4.